The number of carbonyl (C=O) groups excluding carboxylic acids is 2. The number of amides is 1. The van der Waals surface area contributed by atoms with Crippen molar-refractivity contribution in [2.24, 2.45) is 0 Å². The summed E-state index contributed by atoms with van der Waals surface area (Å²) in [6.45, 7) is 4.85. The number of hydrogen-bond donors (Lipinski definition) is 1. The highest BCUT2D eigenvalue weighted by Crippen LogP contribution is 2.20. The van der Waals surface area contributed by atoms with Gasteiger partial charge in [0.2, 0.25) is 0 Å². The molecule has 7 nitrogen and oxygen atoms in total. The lowest BCUT2D eigenvalue weighted by molar-refractivity contribution is 0.0527. The minimum Gasteiger partial charge on any atom is -0.462 e. The molecule has 1 aliphatic rings. The molecular weight excluding hydrogens is 334 g/mol. The van der Waals surface area contributed by atoms with Crippen molar-refractivity contribution in [3.8, 4) is 0 Å². The number of aromatic nitrogens is 1. The summed E-state index contributed by atoms with van der Waals surface area (Å²) < 4.78 is 10.4. The Labute approximate surface area is 151 Å². The van der Waals surface area contributed by atoms with Crippen molar-refractivity contribution in [3.05, 3.63) is 53.9 Å². The fraction of sp³-hybridized carbons (Fsp3) is 0.316. The van der Waals surface area contributed by atoms with Crippen LogP contribution >= 0.6 is 0 Å². The molecule has 1 fully saturated rings. The van der Waals surface area contributed by atoms with Crippen molar-refractivity contribution in [1.82, 2.24) is 4.98 Å². The molecule has 1 aromatic heterocycles. The average Bonchev–Trinajstić information content (AvgIpc) is 2.69. The van der Waals surface area contributed by atoms with Crippen LogP contribution in [0.1, 0.15) is 27.6 Å². The van der Waals surface area contributed by atoms with E-state index in [1.165, 1.54) is 6.20 Å². The fourth-order valence-corrected chi connectivity index (χ4v) is 2.72. The van der Waals surface area contributed by atoms with Crippen molar-refractivity contribution in [2.45, 2.75) is 6.92 Å². The van der Waals surface area contributed by atoms with Crippen molar-refractivity contribution < 1.29 is 19.1 Å². The van der Waals surface area contributed by atoms with E-state index < -0.39 is 5.97 Å². The van der Waals surface area contributed by atoms with Crippen LogP contribution in [0.15, 0.2) is 42.7 Å². The molecule has 2 aromatic rings. The number of hydrogen-bond acceptors (Lipinski definition) is 6. The number of anilines is 2. The molecule has 0 bridgehead atoms. The van der Waals surface area contributed by atoms with E-state index in [0.717, 1.165) is 18.8 Å². The smallest absolute Gasteiger partial charge is 0.340 e. The van der Waals surface area contributed by atoms with E-state index in [2.05, 4.69) is 15.2 Å². The van der Waals surface area contributed by atoms with Gasteiger partial charge in [-0.25, -0.2) is 4.79 Å². The lowest BCUT2D eigenvalue weighted by Gasteiger charge is -2.28. The Morgan fingerprint density at radius 2 is 2.00 bits per heavy atom. The Balaban J connectivity index is 1.77. The molecule has 0 aliphatic carbocycles. The summed E-state index contributed by atoms with van der Waals surface area (Å²) in [4.78, 5) is 31.0. The second-order valence-electron chi connectivity index (χ2n) is 5.75. The molecule has 1 N–H and O–H groups in total. The van der Waals surface area contributed by atoms with Crippen LogP contribution in [0, 0.1) is 0 Å². The van der Waals surface area contributed by atoms with Crippen molar-refractivity contribution in [1.29, 1.82) is 0 Å². The number of nitrogens with zero attached hydrogens (tertiary/aromatic N) is 2. The molecule has 1 saturated heterocycles. The minimum atomic E-state index is -0.469. The minimum absolute atomic E-state index is 0.270. The molecule has 0 spiro atoms. The van der Waals surface area contributed by atoms with Gasteiger partial charge < -0.3 is 19.7 Å². The number of carbonyl (C=O) groups is 2. The van der Waals surface area contributed by atoms with Crippen LogP contribution in [0.2, 0.25) is 0 Å². The second kappa shape index (κ2) is 8.44. The molecule has 2 heterocycles. The maximum Gasteiger partial charge on any atom is 0.340 e. The first-order chi connectivity index (χ1) is 12.7. The third kappa shape index (κ3) is 4.18. The van der Waals surface area contributed by atoms with Gasteiger partial charge in [0, 0.05) is 19.3 Å². The van der Waals surface area contributed by atoms with E-state index >= 15 is 0 Å². The van der Waals surface area contributed by atoms with E-state index in [-0.39, 0.29) is 12.5 Å². The van der Waals surface area contributed by atoms with Gasteiger partial charge in [-0.2, -0.15) is 0 Å². The molecule has 1 aromatic carbocycles. The van der Waals surface area contributed by atoms with Crippen LogP contribution in [0.25, 0.3) is 0 Å². The fourth-order valence-electron chi connectivity index (χ4n) is 2.72. The zero-order valence-electron chi connectivity index (χ0n) is 14.6. The first kappa shape index (κ1) is 17.9. The largest absolute Gasteiger partial charge is 0.462 e. The molecule has 1 aliphatic heterocycles. The first-order valence-electron chi connectivity index (χ1n) is 8.54. The number of esters is 1. The number of morpholine rings is 1. The standard InChI is InChI=1S/C19H21N3O4/c1-2-26-19(24)16-5-3-4-6-17(16)21-18(23)14-11-15(13-20-12-14)22-7-9-25-10-8-22/h3-6,11-13H,2,7-10H2,1H3,(H,21,23). The summed E-state index contributed by atoms with van der Waals surface area (Å²) >= 11 is 0. The summed E-state index contributed by atoms with van der Waals surface area (Å²) in [6.07, 6.45) is 3.24. The molecule has 26 heavy (non-hydrogen) atoms. The maximum atomic E-state index is 12.6. The highest BCUT2D eigenvalue weighted by Gasteiger charge is 2.17. The number of para-hydroxylation sites is 1. The molecule has 7 heteroatoms. The Morgan fingerprint density at radius 1 is 1.23 bits per heavy atom. The third-order valence-electron chi connectivity index (χ3n) is 4.03. The molecular formula is C19H21N3O4. The van der Waals surface area contributed by atoms with Gasteiger partial charge in [0.1, 0.15) is 0 Å². The van der Waals surface area contributed by atoms with E-state index in [1.807, 2.05) is 0 Å². The summed E-state index contributed by atoms with van der Waals surface area (Å²) in [6, 6.07) is 8.56. The molecule has 0 saturated carbocycles. The summed E-state index contributed by atoms with van der Waals surface area (Å²) in [5.74, 6) is -0.798. The van der Waals surface area contributed by atoms with E-state index in [1.54, 1.807) is 43.5 Å². The van der Waals surface area contributed by atoms with Crippen molar-refractivity contribution >= 4 is 23.3 Å². The van der Waals surface area contributed by atoms with Crippen LogP contribution in [-0.2, 0) is 9.47 Å². The lowest BCUT2D eigenvalue weighted by Crippen LogP contribution is -2.36. The molecule has 0 atom stereocenters. The molecule has 0 unspecified atom stereocenters. The normalized spacial score (nSPS) is 14.0. The Morgan fingerprint density at radius 3 is 2.77 bits per heavy atom. The monoisotopic (exact) mass is 355 g/mol. The molecule has 136 valence electrons. The topological polar surface area (TPSA) is 80.8 Å². The number of pyridine rings is 1. The molecule has 1 amide bonds. The van der Waals surface area contributed by atoms with E-state index in [4.69, 9.17) is 9.47 Å². The highest BCUT2D eigenvalue weighted by molar-refractivity contribution is 6.08. The van der Waals surface area contributed by atoms with Gasteiger partial charge in [-0.1, -0.05) is 12.1 Å². The van der Waals surface area contributed by atoms with E-state index in [9.17, 15) is 9.59 Å². The molecule has 0 radical (unpaired) electrons. The van der Waals surface area contributed by atoms with Gasteiger partial charge in [-0.05, 0) is 25.1 Å². The van der Waals surface area contributed by atoms with Crippen LogP contribution < -0.4 is 10.2 Å². The SMILES string of the molecule is CCOC(=O)c1ccccc1NC(=O)c1cncc(N2CCOCC2)c1. The summed E-state index contributed by atoms with van der Waals surface area (Å²) in [5, 5.41) is 2.77. The zero-order valence-corrected chi connectivity index (χ0v) is 14.6. The Bertz CT molecular complexity index is 788. The van der Waals surface area contributed by atoms with Crippen molar-refractivity contribution in [2.75, 3.05) is 43.1 Å². The van der Waals surface area contributed by atoms with Gasteiger partial charge in [-0.3, -0.25) is 9.78 Å². The van der Waals surface area contributed by atoms with Gasteiger partial charge in [0.25, 0.3) is 5.91 Å². The third-order valence-corrected chi connectivity index (χ3v) is 4.03. The van der Waals surface area contributed by atoms with Crippen LogP contribution in [0.5, 0.6) is 0 Å². The number of benzene rings is 1. The van der Waals surface area contributed by atoms with Gasteiger partial charge in [0.15, 0.2) is 0 Å². The quantitative estimate of drug-likeness (QED) is 0.829. The van der Waals surface area contributed by atoms with E-state index in [0.29, 0.717) is 30.0 Å². The van der Waals surface area contributed by atoms with Crippen molar-refractivity contribution in [3.63, 3.8) is 0 Å². The highest BCUT2D eigenvalue weighted by atomic mass is 16.5. The summed E-state index contributed by atoms with van der Waals surface area (Å²) in [5.41, 5.74) is 2.03. The van der Waals surface area contributed by atoms with Crippen LogP contribution in [-0.4, -0.2) is 49.8 Å². The Kier molecular flexibility index (Phi) is 5.80. The number of ether oxygens (including phenoxy) is 2. The lowest BCUT2D eigenvalue weighted by atomic mass is 10.1. The Hall–Kier alpha value is -2.93. The summed E-state index contributed by atoms with van der Waals surface area (Å²) in [7, 11) is 0. The second-order valence-corrected chi connectivity index (χ2v) is 5.75. The maximum absolute atomic E-state index is 12.6. The zero-order chi connectivity index (χ0) is 18.4. The number of nitrogens with one attached hydrogen (secondary N) is 1. The molecule has 3 rings (SSSR count). The van der Waals surface area contributed by atoms with Crippen LogP contribution in [0.3, 0.4) is 0 Å². The predicted octanol–water partition coefficient (Wildman–Crippen LogP) is 2.35. The van der Waals surface area contributed by atoms with Gasteiger partial charge >= 0.3 is 5.97 Å². The van der Waals surface area contributed by atoms with Gasteiger partial charge in [-0.15, -0.1) is 0 Å². The first-order valence-corrected chi connectivity index (χ1v) is 8.54. The predicted molar refractivity (Wildman–Crippen MR) is 97.6 cm³/mol. The average molecular weight is 355 g/mol. The van der Waals surface area contributed by atoms with Crippen LogP contribution in [0.4, 0.5) is 11.4 Å². The number of rotatable bonds is 5. The van der Waals surface area contributed by atoms with Gasteiger partial charge in [0.05, 0.1) is 48.5 Å².